The number of aromatic nitrogens is 4. The van der Waals surface area contributed by atoms with Crippen molar-refractivity contribution in [3.8, 4) is 22.8 Å². The van der Waals surface area contributed by atoms with Crippen molar-refractivity contribution in [2.24, 2.45) is 9.98 Å². The van der Waals surface area contributed by atoms with Gasteiger partial charge < -0.3 is 0 Å². The maximum atomic E-state index is 4.97. The van der Waals surface area contributed by atoms with Crippen LogP contribution in [0.2, 0.25) is 0 Å². The third-order valence-corrected chi connectivity index (χ3v) is 13.0. The smallest absolute Gasteiger partial charge is 0.137 e. The SMILES string of the molecule is CC1(C)CSC(c2ccc(-n3c4ccccc4c4cc(-c5ccc6c(c5)c5ccccc5n6-c5ccc(C6=NC(C)(C)CS6)cn5)ccc43)nc2)=N1. The van der Waals surface area contributed by atoms with E-state index >= 15 is 0 Å². The van der Waals surface area contributed by atoms with E-state index in [-0.39, 0.29) is 11.1 Å². The Kier molecular flexibility index (Phi) is 7.08. The summed E-state index contributed by atoms with van der Waals surface area (Å²) in [6.45, 7) is 8.73. The summed E-state index contributed by atoms with van der Waals surface area (Å²) in [6, 6.07) is 39.4. The highest BCUT2D eigenvalue weighted by Gasteiger charge is 2.27. The molecule has 0 atom stereocenters. The average Bonchev–Trinajstić information content (AvgIpc) is 3.91. The summed E-state index contributed by atoms with van der Waals surface area (Å²) in [6.07, 6.45) is 3.94. The molecule has 6 heterocycles. The number of hydrogen-bond donors (Lipinski definition) is 0. The van der Waals surface area contributed by atoms with Gasteiger partial charge in [-0.3, -0.25) is 19.1 Å². The predicted octanol–water partition coefficient (Wildman–Crippen LogP) is 10.9. The molecule has 0 fully saturated rings. The highest BCUT2D eigenvalue weighted by Crippen LogP contribution is 2.39. The van der Waals surface area contributed by atoms with Crippen molar-refractivity contribution in [3.05, 3.63) is 133 Å². The van der Waals surface area contributed by atoms with Crippen molar-refractivity contribution in [3.63, 3.8) is 0 Å². The molecule has 254 valence electrons. The zero-order chi connectivity index (χ0) is 35.2. The first-order valence-electron chi connectivity index (χ1n) is 17.7. The van der Waals surface area contributed by atoms with Gasteiger partial charge in [0.2, 0.25) is 0 Å². The van der Waals surface area contributed by atoms with Crippen LogP contribution in [0.1, 0.15) is 38.8 Å². The second kappa shape index (κ2) is 11.7. The van der Waals surface area contributed by atoms with Gasteiger partial charge in [-0.1, -0.05) is 48.5 Å². The van der Waals surface area contributed by atoms with Crippen molar-refractivity contribution in [2.75, 3.05) is 11.5 Å². The van der Waals surface area contributed by atoms with Crippen molar-refractivity contribution >= 4 is 77.2 Å². The Hall–Kier alpha value is -5.18. The molecule has 0 saturated heterocycles. The fourth-order valence-electron chi connectivity index (χ4n) is 7.55. The molecule has 2 aliphatic heterocycles. The van der Waals surface area contributed by atoms with Crippen LogP contribution in [-0.2, 0) is 0 Å². The van der Waals surface area contributed by atoms with Gasteiger partial charge in [0.1, 0.15) is 11.6 Å². The molecule has 0 amide bonds. The molecular formula is C44H36N6S2. The molecular weight excluding hydrogens is 677 g/mol. The van der Waals surface area contributed by atoms with Crippen molar-refractivity contribution in [2.45, 2.75) is 38.8 Å². The van der Waals surface area contributed by atoms with Gasteiger partial charge in [0.25, 0.3) is 0 Å². The number of hydrogen-bond acceptors (Lipinski definition) is 6. The first kappa shape index (κ1) is 31.5. The largest absolute Gasteiger partial charge is 0.294 e. The fraction of sp³-hybridized carbons (Fsp3) is 0.182. The number of pyridine rings is 2. The summed E-state index contributed by atoms with van der Waals surface area (Å²) in [5, 5.41) is 6.97. The van der Waals surface area contributed by atoms with Gasteiger partial charge in [-0.05, 0) is 99.5 Å². The first-order valence-corrected chi connectivity index (χ1v) is 19.6. The minimum absolute atomic E-state index is 0.0312. The van der Waals surface area contributed by atoms with Gasteiger partial charge in [-0.2, -0.15) is 0 Å². The predicted molar refractivity (Wildman–Crippen MR) is 222 cm³/mol. The number of nitrogens with zero attached hydrogens (tertiary/aromatic N) is 6. The van der Waals surface area contributed by atoms with E-state index in [9.17, 15) is 0 Å². The quantitative estimate of drug-likeness (QED) is 0.178. The molecule has 0 aliphatic carbocycles. The molecule has 4 aromatic carbocycles. The number of para-hydroxylation sites is 2. The Bertz CT molecular complexity index is 2590. The zero-order valence-corrected chi connectivity index (χ0v) is 31.1. The molecule has 0 spiro atoms. The number of rotatable bonds is 5. The van der Waals surface area contributed by atoms with Crippen molar-refractivity contribution < 1.29 is 0 Å². The number of aliphatic imine (C=N–C) groups is 2. The van der Waals surface area contributed by atoms with Gasteiger partial charge in [0, 0.05) is 56.6 Å². The van der Waals surface area contributed by atoms with Crippen LogP contribution < -0.4 is 0 Å². The fourth-order valence-corrected chi connectivity index (χ4v) is 9.86. The van der Waals surface area contributed by atoms with E-state index in [1.807, 2.05) is 35.9 Å². The number of fused-ring (bicyclic) bond motifs is 6. The highest BCUT2D eigenvalue weighted by molar-refractivity contribution is 8.15. The topological polar surface area (TPSA) is 60.4 Å². The molecule has 6 nitrogen and oxygen atoms in total. The minimum atomic E-state index is -0.0312. The van der Waals surface area contributed by atoms with Gasteiger partial charge in [0.15, 0.2) is 0 Å². The minimum Gasteiger partial charge on any atom is -0.294 e. The number of thioether (sulfide) groups is 2. The maximum Gasteiger partial charge on any atom is 0.137 e. The van der Waals surface area contributed by atoms with Crippen LogP contribution in [0.4, 0.5) is 0 Å². The molecule has 2 aliphatic rings. The van der Waals surface area contributed by atoms with Crippen LogP contribution in [-0.4, -0.2) is 51.8 Å². The lowest BCUT2D eigenvalue weighted by Crippen LogP contribution is -2.15. The van der Waals surface area contributed by atoms with Gasteiger partial charge in [0.05, 0.1) is 43.2 Å². The molecule has 0 saturated carbocycles. The summed E-state index contributed by atoms with van der Waals surface area (Å²) < 4.78 is 4.56. The lowest BCUT2D eigenvalue weighted by Gasteiger charge is -2.10. The summed E-state index contributed by atoms with van der Waals surface area (Å²) in [5.74, 6) is 3.79. The molecule has 52 heavy (non-hydrogen) atoms. The standard InChI is InChI=1S/C44H36N6S2/c1-43(2)25-51-41(47-43)29-15-19-39(45-23-29)49-35-11-7-5-9-31(35)33-21-27(13-17-37(33)49)28-14-18-38-34(22-28)32-10-6-8-12-36(32)50(38)40-20-16-30(24-46-40)42-48-44(3,4)26-52-42/h5-24H,25-26H2,1-4H3. The summed E-state index contributed by atoms with van der Waals surface area (Å²) in [4.78, 5) is 19.8. The lowest BCUT2D eigenvalue weighted by atomic mass is 10.0. The van der Waals surface area contributed by atoms with E-state index in [0.717, 1.165) is 66.4 Å². The molecule has 0 bridgehead atoms. The van der Waals surface area contributed by atoms with Crippen LogP contribution >= 0.6 is 23.5 Å². The van der Waals surface area contributed by atoms with E-state index in [0.29, 0.717) is 0 Å². The molecule has 8 aromatic rings. The van der Waals surface area contributed by atoms with Gasteiger partial charge in [-0.15, -0.1) is 23.5 Å². The van der Waals surface area contributed by atoms with Crippen LogP contribution in [0.15, 0.2) is 132 Å². The van der Waals surface area contributed by atoms with Crippen molar-refractivity contribution in [1.29, 1.82) is 0 Å². The third-order valence-electron chi connectivity index (χ3n) is 10.1. The Balaban J connectivity index is 1.05. The van der Waals surface area contributed by atoms with Crippen LogP contribution in [0, 0.1) is 0 Å². The molecule has 8 heteroatoms. The second-order valence-corrected chi connectivity index (χ2v) is 16.9. The summed E-state index contributed by atoms with van der Waals surface area (Å²) in [7, 11) is 0. The first-order chi connectivity index (χ1) is 25.2. The van der Waals surface area contributed by atoms with Gasteiger partial charge >= 0.3 is 0 Å². The third kappa shape index (κ3) is 5.19. The second-order valence-electron chi connectivity index (χ2n) is 15.0. The molecule has 4 aromatic heterocycles. The summed E-state index contributed by atoms with van der Waals surface area (Å²) in [5.41, 5.74) is 9.00. The molecule has 0 radical (unpaired) electrons. The van der Waals surface area contributed by atoms with E-state index in [4.69, 9.17) is 20.0 Å². The monoisotopic (exact) mass is 712 g/mol. The van der Waals surface area contributed by atoms with Gasteiger partial charge in [-0.25, -0.2) is 9.97 Å². The highest BCUT2D eigenvalue weighted by atomic mass is 32.2. The Labute approximate surface area is 310 Å². The van der Waals surface area contributed by atoms with E-state index in [2.05, 4.69) is 146 Å². The Morgan fingerprint density at radius 3 is 1.25 bits per heavy atom. The van der Waals surface area contributed by atoms with Crippen LogP contribution in [0.25, 0.3) is 66.4 Å². The zero-order valence-electron chi connectivity index (χ0n) is 29.5. The van der Waals surface area contributed by atoms with Crippen LogP contribution in [0.3, 0.4) is 0 Å². The Morgan fingerprint density at radius 2 is 0.865 bits per heavy atom. The van der Waals surface area contributed by atoms with E-state index in [1.54, 1.807) is 0 Å². The molecule has 0 N–H and O–H groups in total. The number of benzene rings is 4. The summed E-state index contributed by atoms with van der Waals surface area (Å²) >= 11 is 3.62. The van der Waals surface area contributed by atoms with Crippen LogP contribution in [0.5, 0.6) is 0 Å². The molecule has 10 rings (SSSR count). The van der Waals surface area contributed by atoms with E-state index in [1.165, 1.54) is 32.7 Å². The normalized spacial score (nSPS) is 16.7. The lowest BCUT2D eigenvalue weighted by molar-refractivity contribution is 0.605. The molecule has 0 unspecified atom stereocenters. The van der Waals surface area contributed by atoms with E-state index < -0.39 is 0 Å². The maximum absolute atomic E-state index is 4.97. The van der Waals surface area contributed by atoms with Crippen molar-refractivity contribution in [1.82, 2.24) is 19.1 Å². The average molecular weight is 713 g/mol. The Morgan fingerprint density at radius 1 is 0.462 bits per heavy atom.